The average molecular weight is 310 g/mol. The molecule has 1 aromatic carbocycles. The minimum absolute atomic E-state index is 0.144. The number of hydrogen-bond acceptors (Lipinski definition) is 4. The molecule has 1 N–H and O–H groups in total. The SMILES string of the molecule is O=C1Nc2ccc(Br)cc2/C1=N/N1CCOCC1. The summed E-state index contributed by atoms with van der Waals surface area (Å²) in [5, 5.41) is 9.13. The van der Waals surface area contributed by atoms with Gasteiger partial charge < -0.3 is 10.1 Å². The maximum atomic E-state index is 11.9. The van der Waals surface area contributed by atoms with Gasteiger partial charge in [-0.3, -0.25) is 9.80 Å². The van der Waals surface area contributed by atoms with Gasteiger partial charge in [0.15, 0.2) is 5.71 Å². The van der Waals surface area contributed by atoms with Crippen LogP contribution in [0.2, 0.25) is 0 Å². The summed E-state index contributed by atoms with van der Waals surface area (Å²) in [6, 6.07) is 5.68. The van der Waals surface area contributed by atoms with E-state index in [1.807, 2.05) is 23.2 Å². The fraction of sp³-hybridized carbons (Fsp3) is 0.333. The molecule has 0 atom stereocenters. The largest absolute Gasteiger partial charge is 0.378 e. The van der Waals surface area contributed by atoms with Crippen LogP contribution < -0.4 is 5.32 Å². The van der Waals surface area contributed by atoms with E-state index in [-0.39, 0.29) is 5.91 Å². The lowest BCUT2D eigenvalue weighted by Gasteiger charge is -2.24. The molecule has 2 heterocycles. The van der Waals surface area contributed by atoms with Crippen LogP contribution in [0.1, 0.15) is 5.56 Å². The van der Waals surface area contributed by atoms with Crippen molar-refractivity contribution >= 4 is 33.2 Å². The first-order chi connectivity index (χ1) is 8.74. The summed E-state index contributed by atoms with van der Waals surface area (Å²) in [6.07, 6.45) is 0. The predicted molar refractivity (Wildman–Crippen MR) is 71.7 cm³/mol. The fourth-order valence-electron chi connectivity index (χ4n) is 2.02. The zero-order chi connectivity index (χ0) is 12.5. The molecule has 5 nitrogen and oxygen atoms in total. The molecule has 0 aromatic heterocycles. The van der Waals surface area contributed by atoms with Crippen molar-refractivity contribution in [3.05, 3.63) is 28.2 Å². The van der Waals surface area contributed by atoms with Crippen molar-refractivity contribution in [2.45, 2.75) is 0 Å². The molecule has 1 saturated heterocycles. The molecular weight excluding hydrogens is 298 g/mol. The predicted octanol–water partition coefficient (Wildman–Crippen LogP) is 1.44. The van der Waals surface area contributed by atoms with Crippen molar-refractivity contribution in [3.63, 3.8) is 0 Å². The van der Waals surface area contributed by atoms with E-state index in [0.29, 0.717) is 18.9 Å². The first-order valence-electron chi connectivity index (χ1n) is 5.76. The summed E-state index contributed by atoms with van der Waals surface area (Å²) in [5.41, 5.74) is 2.14. The Hall–Kier alpha value is -1.40. The number of amides is 1. The molecule has 0 saturated carbocycles. The molecule has 18 heavy (non-hydrogen) atoms. The van der Waals surface area contributed by atoms with E-state index < -0.39 is 0 Å². The van der Waals surface area contributed by atoms with E-state index in [1.54, 1.807) is 0 Å². The third-order valence-electron chi connectivity index (χ3n) is 2.93. The van der Waals surface area contributed by atoms with Gasteiger partial charge in [0.25, 0.3) is 5.91 Å². The summed E-state index contributed by atoms with van der Waals surface area (Å²) in [7, 11) is 0. The van der Waals surface area contributed by atoms with E-state index >= 15 is 0 Å². The quantitative estimate of drug-likeness (QED) is 0.854. The van der Waals surface area contributed by atoms with Crippen LogP contribution in [0.5, 0.6) is 0 Å². The molecule has 94 valence electrons. The Morgan fingerprint density at radius 1 is 1.33 bits per heavy atom. The summed E-state index contributed by atoms with van der Waals surface area (Å²) in [6.45, 7) is 2.76. The highest BCUT2D eigenvalue weighted by Gasteiger charge is 2.27. The molecule has 2 aliphatic rings. The number of rotatable bonds is 1. The van der Waals surface area contributed by atoms with Gasteiger partial charge in [-0.05, 0) is 18.2 Å². The number of halogens is 1. The second-order valence-electron chi connectivity index (χ2n) is 4.16. The van der Waals surface area contributed by atoms with Crippen LogP contribution in [0.4, 0.5) is 5.69 Å². The second-order valence-corrected chi connectivity index (χ2v) is 5.07. The van der Waals surface area contributed by atoms with Crippen molar-refractivity contribution in [1.29, 1.82) is 0 Å². The van der Waals surface area contributed by atoms with Crippen molar-refractivity contribution in [1.82, 2.24) is 5.01 Å². The Morgan fingerprint density at radius 3 is 2.89 bits per heavy atom. The number of fused-ring (bicyclic) bond motifs is 1. The molecule has 2 aliphatic heterocycles. The Bertz CT molecular complexity index is 524. The molecule has 1 fully saturated rings. The number of carbonyl (C=O) groups is 1. The van der Waals surface area contributed by atoms with Crippen LogP contribution in [0.15, 0.2) is 27.8 Å². The van der Waals surface area contributed by atoms with Crippen molar-refractivity contribution in [3.8, 4) is 0 Å². The number of morpholine rings is 1. The second kappa shape index (κ2) is 4.70. The van der Waals surface area contributed by atoms with Gasteiger partial charge in [0.05, 0.1) is 32.0 Å². The van der Waals surface area contributed by atoms with Crippen molar-refractivity contribution in [2.24, 2.45) is 5.10 Å². The summed E-state index contributed by atoms with van der Waals surface area (Å²) < 4.78 is 6.20. The summed E-state index contributed by atoms with van der Waals surface area (Å²) in [4.78, 5) is 11.9. The molecule has 1 aromatic rings. The van der Waals surface area contributed by atoms with E-state index in [1.165, 1.54) is 0 Å². The van der Waals surface area contributed by atoms with E-state index in [2.05, 4.69) is 26.3 Å². The van der Waals surface area contributed by atoms with Crippen LogP contribution in [0, 0.1) is 0 Å². The number of nitrogens with zero attached hydrogens (tertiary/aromatic N) is 2. The number of nitrogens with one attached hydrogen (secondary N) is 1. The third kappa shape index (κ3) is 2.13. The molecular formula is C12H12BrN3O2. The normalized spacial score (nSPS) is 21.1. The molecule has 6 heteroatoms. The maximum Gasteiger partial charge on any atom is 0.276 e. The molecule has 1 amide bonds. The van der Waals surface area contributed by atoms with E-state index in [4.69, 9.17) is 4.74 Å². The van der Waals surface area contributed by atoms with Gasteiger partial charge in [-0.15, -0.1) is 0 Å². The highest BCUT2D eigenvalue weighted by Crippen LogP contribution is 2.27. The number of hydrazone groups is 1. The molecule has 0 aliphatic carbocycles. The lowest BCUT2D eigenvalue weighted by Crippen LogP contribution is -2.34. The van der Waals surface area contributed by atoms with Gasteiger partial charge in [0.2, 0.25) is 0 Å². The zero-order valence-electron chi connectivity index (χ0n) is 9.65. The highest BCUT2D eigenvalue weighted by atomic mass is 79.9. The minimum Gasteiger partial charge on any atom is -0.378 e. The average Bonchev–Trinajstić information content (AvgIpc) is 2.67. The van der Waals surface area contributed by atoms with Gasteiger partial charge in [-0.25, -0.2) is 0 Å². The number of hydrogen-bond donors (Lipinski definition) is 1. The van der Waals surface area contributed by atoms with Gasteiger partial charge in [0.1, 0.15) is 0 Å². The lowest BCUT2D eigenvalue weighted by atomic mass is 10.1. The van der Waals surface area contributed by atoms with Gasteiger partial charge in [-0.2, -0.15) is 5.10 Å². The van der Waals surface area contributed by atoms with Gasteiger partial charge >= 0.3 is 0 Å². The van der Waals surface area contributed by atoms with Crippen molar-refractivity contribution < 1.29 is 9.53 Å². The van der Waals surface area contributed by atoms with Gasteiger partial charge in [0, 0.05) is 10.0 Å². The molecule has 3 rings (SSSR count). The van der Waals surface area contributed by atoms with E-state index in [0.717, 1.165) is 28.8 Å². The van der Waals surface area contributed by atoms with Crippen molar-refractivity contribution in [2.75, 3.05) is 31.6 Å². The first kappa shape index (κ1) is 11.7. The Kier molecular flexibility index (Phi) is 3.05. The zero-order valence-corrected chi connectivity index (χ0v) is 11.2. The topological polar surface area (TPSA) is 53.9 Å². The summed E-state index contributed by atoms with van der Waals surface area (Å²) >= 11 is 3.41. The Morgan fingerprint density at radius 2 is 2.11 bits per heavy atom. The lowest BCUT2D eigenvalue weighted by molar-refractivity contribution is -0.110. The van der Waals surface area contributed by atoms with Crippen LogP contribution in [0.3, 0.4) is 0 Å². The fourth-order valence-corrected chi connectivity index (χ4v) is 2.38. The standard InChI is InChI=1S/C12H12BrN3O2/c13-8-1-2-10-9(7-8)11(12(17)14-10)15-16-3-5-18-6-4-16/h1-2,7H,3-6H2,(H,14,15,17). The Labute approximate surface area is 113 Å². The summed E-state index contributed by atoms with van der Waals surface area (Å²) in [5.74, 6) is -0.144. The minimum atomic E-state index is -0.144. The maximum absolute atomic E-state index is 11.9. The smallest absolute Gasteiger partial charge is 0.276 e. The number of carbonyl (C=O) groups excluding carboxylic acids is 1. The van der Waals surface area contributed by atoms with Gasteiger partial charge in [-0.1, -0.05) is 15.9 Å². The number of anilines is 1. The van der Waals surface area contributed by atoms with Crippen LogP contribution in [0.25, 0.3) is 0 Å². The molecule has 0 spiro atoms. The molecule has 0 radical (unpaired) electrons. The van der Waals surface area contributed by atoms with Crippen LogP contribution in [-0.4, -0.2) is 42.9 Å². The molecule has 0 unspecified atom stereocenters. The highest BCUT2D eigenvalue weighted by molar-refractivity contribution is 9.10. The number of benzene rings is 1. The first-order valence-corrected chi connectivity index (χ1v) is 6.56. The van der Waals surface area contributed by atoms with E-state index in [9.17, 15) is 4.79 Å². The molecule has 0 bridgehead atoms. The Balaban J connectivity index is 1.95. The monoisotopic (exact) mass is 309 g/mol. The number of ether oxygens (including phenoxy) is 1. The third-order valence-corrected chi connectivity index (χ3v) is 3.42. The van der Waals surface area contributed by atoms with Crippen LogP contribution in [-0.2, 0) is 9.53 Å². The van der Waals surface area contributed by atoms with Crippen LogP contribution >= 0.6 is 15.9 Å².